The molecule has 0 amide bonds. The lowest BCUT2D eigenvalue weighted by Gasteiger charge is -2.31. The Morgan fingerprint density at radius 2 is 2.00 bits per heavy atom. The molecule has 1 fully saturated rings. The molecule has 3 rings (SSSR count). The van der Waals surface area contributed by atoms with Crippen LogP contribution in [0.5, 0.6) is 0 Å². The average Bonchev–Trinajstić information content (AvgIpc) is 3.10. The van der Waals surface area contributed by atoms with Gasteiger partial charge in [0.2, 0.25) is 0 Å². The molecule has 0 atom stereocenters. The van der Waals surface area contributed by atoms with Crippen molar-refractivity contribution in [1.82, 2.24) is 9.29 Å². The Labute approximate surface area is 181 Å². The highest BCUT2D eigenvalue weighted by Gasteiger charge is 2.30. The van der Waals surface area contributed by atoms with Gasteiger partial charge in [-0.3, -0.25) is 0 Å². The maximum Gasteiger partial charge on any atom is 0.348 e. The van der Waals surface area contributed by atoms with E-state index in [0.29, 0.717) is 36.5 Å². The van der Waals surface area contributed by atoms with E-state index in [1.54, 1.807) is 18.2 Å². The van der Waals surface area contributed by atoms with Crippen molar-refractivity contribution < 1.29 is 18.3 Å². The summed E-state index contributed by atoms with van der Waals surface area (Å²) in [6.07, 6.45) is 2.61. The topological polar surface area (TPSA) is 99.6 Å². The molecule has 7 nitrogen and oxygen atoms in total. The Morgan fingerprint density at radius 3 is 2.57 bits per heavy atom. The molecule has 0 spiro atoms. The molecule has 0 aromatic carbocycles. The summed E-state index contributed by atoms with van der Waals surface area (Å²) in [5.41, 5.74) is 0.365. The SMILES string of the molecule is CC(C)(C)C#Cc1cc(NC2CCN(S(=O)(=O)c3ccccn3)CC2)c(C(=O)O)s1. The molecule has 2 N–H and O–H groups in total. The maximum absolute atomic E-state index is 12.7. The number of aromatic carboxylic acids is 1. The van der Waals surface area contributed by atoms with Crippen LogP contribution in [0.2, 0.25) is 0 Å². The third kappa shape index (κ3) is 5.39. The Morgan fingerprint density at radius 1 is 1.30 bits per heavy atom. The number of aromatic nitrogens is 1. The van der Waals surface area contributed by atoms with Gasteiger partial charge in [-0.15, -0.1) is 11.3 Å². The first-order valence-corrected chi connectivity index (χ1v) is 11.9. The molecule has 2 aromatic heterocycles. The van der Waals surface area contributed by atoms with Crippen LogP contribution >= 0.6 is 11.3 Å². The second-order valence-corrected chi connectivity index (χ2v) is 11.1. The summed E-state index contributed by atoms with van der Waals surface area (Å²) in [6, 6.07) is 6.57. The third-order valence-electron chi connectivity index (χ3n) is 4.54. The molecular formula is C21H25N3O4S2. The number of carbonyl (C=O) groups is 1. The first-order chi connectivity index (χ1) is 14.1. The number of sulfonamides is 1. The van der Waals surface area contributed by atoms with Crippen LogP contribution in [0.25, 0.3) is 0 Å². The van der Waals surface area contributed by atoms with E-state index in [-0.39, 0.29) is 21.4 Å². The molecule has 160 valence electrons. The van der Waals surface area contributed by atoms with Crippen molar-refractivity contribution in [1.29, 1.82) is 0 Å². The predicted molar refractivity (Wildman–Crippen MR) is 117 cm³/mol. The van der Waals surface area contributed by atoms with Crippen LogP contribution in [0.1, 0.15) is 48.2 Å². The van der Waals surface area contributed by atoms with Crippen LogP contribution in [0.15, 0.2) is 35.5 Å². The number of rotatable bonds is 5. The van der Waals surface area contributed by atoms with Gasteiger partial charge in [0.15, 0.2) is 5.03 Å². The molecule has 0 saturated carbocycles. The highest BCUT2D eigenvalue weighted by Crippen LogP contribution is 2.30. The molecule has 30 heavy (non-hydrogen) atoms. The minimum atomic E-state index is -3.61. The Balaban J connectivity index is 1.69. The number of hydrogen-bond donors (Lipinski definition) is 2. The van der Waals surface area contributed by atoms with E-state index in [1.165, 1.54) is 16.6 Å². The number of nitrogens with one attached hydrogen (secondary N) is 1. The number of anilines is 1. The Kier molecular flexibility index (Phi) is 6.50. The van der Waals surface area contributed by atoms with Crippen LogP contribution in [-0.2, 0) is 10.0 Å². The summed E-state index contributed by atoms with van der Waals surface area (Å²) in [5, 5.41) is 12.9. The first-order valence-electron chi connectivity index (χ1n) is 9.64. The number of thiophene rings is 1. The number of piperidine rings is 1. The minimum absolute atomic E-state index is 0.0173. The maximum atomic E-state index is 12.7. The molecule has 2 aromatic rings. The Bertz CT molecular complexity index is 1070. The van der Waals surface area contributed by atoms with Crippen molar-refractivity contribution >= 4 is 33.0 Å². The van der Waals surface area contributed by atoms with E-state index in [4.69, 9.17) is 0 Å². The van der Waals surface area contributed by atoms with Crippen molar-refractivity contribution in [2.75, 3.05) is 18.4 Å². The molecule has 1 aliphatic rings. The monoisotopic (exact) mass is 447 g/mol. The van der Waals surface area contributed by atoms with Gasteiger partial charge in [0.25, 0.3) is 10.0 Å². The lowest BCUT2D eigenvalue weighted by molar-refractivity contribution is 0.0703. The van der Waals surface area contributed by atoms with Gasteiger partial charge in [-0.2, -0.15) is 4.31 Å². The van der Waals surface area contributed by atoms with Gasteiger partial charge in [-0.25, -0.2) is 18.2 Å². The third-order valence-corrected chi connectivity index (χ3v) is 7.40. The highest BCUT2D eigenvalue weighted by molar-refractivity contribution is 7.89. The van der Waals surface area contributed by atoms with Crippen molar-refractivity contribution in [3.05, 3.63) is 40.2 Å². The standard InChI is InChI=1S/C21H25N3O4S2/c1-21(2,3)10-7-16-14-17(19(29-16)20(25)26)23-15-8-12-24(13-9-15)30(27,28)18-6-4-5-11-22-18/h4-6,11,14-15,23H,8-9,12-13H2,1-3H3,(H,25,26). The highest BCUT2D eigenvalue weighted by atomic mass is 32.2. The van der Waals surface area contributed by atoms with Crippen LogP contribution in [0.4, 0.5) is 5.69 Å². The minimum Gasteiger partial charge on any atom is -0.477 e. The van der Waals surface area contributed by atoms with E-state index in [0.717, 1.165) is 11.3 Å². The number of nitrogens with zero attached hydrogens (tertiary/aromatic N) is 2. The van der Waals surface area contributed by atoms with Gasteiger partial charge in [-0.1, -0.05) is 17.9 Å². The smallest absolute Gasteiger partial charge is 0.348 e. The van der Waals surface area contributed by atoms with Crippen LogP contribution in [0, 0.1) is 17.3 Å². The molecular weight excluding hydrogens is 422 g/mol. The van der Waals surface area contributed by atoms with E-state index >= 15 is 0 Å². The molecule has 0 unspecified atom stereocenters. The summed E-state index contributed by atoms with van der Waals surface area (Å²) in [6.45, 7) is 6.69. The number of pyridine rings is 1. The number of carboxylic acids is 1. The van der Waals surface area contributed by atoms with Gasteiger partial charge in [0.05, 0.1) is 10.6 Å². The molecule has 0 radical (unpaired) electrons. The van der Waals surface area contributed by atoms with E-state index in [2.05, 4.69) is 22.1 Å². The van der Waals surface area contributed by atoms with Crippen LogP contribution in [-0.4, -0.2) is 47.9 Å². The molecule has 1 saturated heterocycles. The van der Waals surface area contributed by atoms with E-state index < -0.39 is 16.0 Å². The molecule has 3 heterocycles. The predicted octanol–water partition coefficient (Wildman–Crippen LogP) is 3.50. The van der Waals surface area contributed by atoms with Gasteiger partial charge in [0, 0.05) is 30.7 Å². The summed E-state index contributed by atoms with van der Waals surface area (Å²) in [4.78, 5) is 16.5. The lowest BCUT2D eigenvalue weighted by Crippen LogP contribution is -2.42. The molecule has 9 heteroatoms. The number of hydrogen-bond acceptors (Lipinski definition) is 6. The van der Waals surface area contributed by atoms with Gasteiger partial charge in [-0.05, 0) is 51.8 Å². The number of carboxylic acid groups (broad SMARTS) is 1. The van der Waals surface area contributed by atoms with E-state index in [9.17, 15) is 18.3 Å². The fourth-order valence-electron chi connectivity index (χ4n) is 3.06. The van der Waals surface area contributed by atoms with E-state index in [1.807, 2.05) is 20.8 Å². The zero-order valence-corrected chi connectivity index (χ0v) is 18.8. The molecule has 0 aliphatic carbocycles. The summed E-state index contributed by atoms with van der Waals surface area (Å²) in [5.74, 6) is 5.17. The van der Waals surface area contributed by atoms with Crippen molar-refractivity contribution in [3.8, 4) is 11.8 Å². The summed E-state index contributed by atoms with van der Waals surface area (Å²) in [7, 11) is -3.61. The van der Waals surface area contributed by atoms with Crippen LogP contribution < -0.4 is 5.32 Å². The molecule has 1 aliphatic heterocycles. The quantitative estimate of drug-likeness (QED) is 0.681. The van der Waals surface area contributed by atoms with Gasteiger partial charge < -0.3 is 10.4 Å². The van der Waals surface area contributed by atoms with Crippen LogP contribution in [0.3, 0.4) is 0 Å². The zero-order chi connectivity index (χ0) is 21.9. The summed E-state index contributed by atoms with van der Waals surface area (Å²) < 4.78 is 26.8. The zero-order valence-electron chi connectivity index (χ0n) is 17.2. The van der Waals surface area contributed by atoms with Crippen molar-refractivity contribution in [3.63, 3.8) is 0 Å². The summed E-state index contributed by atoms with van der Waals surface area (Å²) >= 11 is 1.15. The largest absolute Gasteiger partial charge is 0.477 e. The normalized spacial score (nSPS) is 16.0. The van der Waals surface area contributed by atoms with Gasteiger partial charge >= 0.3 is 5.97 Å². The fraction of sp³-hybridized carbons (Fsp3) is 0.429. The van der Waals surface area contributed by atoms with Crippen molar-refractivity contribution in [2.24, 2.45) is 5.41 Å². The fourth-order valence-corrected chi connectivity index (χ4v) is 5.27. The first kappa shape index (κ1) is 22.3. The second-order valence-electron chi connectivity index (χ2n) is 8.15. The second kappa shape index (κ2) is 8.76. The lowest BCUT2D eigenvalue weighted by atomic mass is 9.98. The Hall–Kier alpha value is -2.41. The molecule has 0 bridgehead atoms. The average molecular weight is 448 g/mol. The van der Waals surface area contributed by atoms with Gasteiger partial charge in [0.1, 0.15) is 4.88 Å². The van der Waals surface area contributed by atoms with Crippen molar-refractivity contribution in [2.45, 2.75) is 44.7 Å².